The van der Waals surface area contributed by atoms with Gasteiger partial charge in [0.2, 0.25) is 0 Å². The molecule has 4 aliphatic carbocycles. The Morgan fingerprint density at radius 2 is 1.72 bits per heavy atom. The molecule has 1 spiro atoms. The molecule has 4 fully saturated rings. The van der Waals surface area contributed by atoms with E-state index in [0.29, 0.717) is 18.3 Å². The minimum absolute atomic E-state index is 0.00533. The maximum atomic E-state index is 13.2. The number of carbonyl (C=O) groups is 1. The lowest BCUT2D eigenvalue weighted by Crippen LogP contribution is -2.62. The number of fused-ring (bicyclic) bond motifs is 4. The molecule has 0 amide bonds. The number of ketones is 1. The van der Waals surface area contributed by atoms with Gasteiger partial charge in [0.25, 0.3) is 0 Å². The summed E-state index contributed by atoms with van der Waals surface area (Å²) in [6.07, 6.45) is 3.21. The highest BCUT2D eigenvalue weighted by Crippen LogP contribution is 2.76. The Balaban J connectivity index is 1.79. The van der Waals surface area contributed by atoms with Crippen LogP contribution in [0.15, 0.2) is 11.6 Å². The van der Waals surface area contributed by atoms with Gasteiger partial charge in [-0.2, -0.15) is 0 Å². The van der Waals surface area contributed by atoms with E-state index < -0.39 is 27.8 Å². The third-order valence-electron chi connectivity index (χ3n) is 10.9. The van der Waals surface area contributed by atoms with Crippen LogP contribution in [0.2, 0.25) is 37.8 Å². The van der Waals surface area contributed by atoms with Gasteiger partial charge in [-0.3, -0.25) is 4.79 Å². The second-order valence-corrected chi connectivity index (χ2v) is 25.4. The molecule has 0 aromatic heterocycles. The second-order valence-electron chi connectivity index (χ2n) is 15.6. The van der Waals surface area contributed by atoms with E-state index in [1.807, 2.05) is 6.08 Å². The molecule has 1 heterocycles. The summed E-state index contributed by atoms with van der Waals surface area (Å²) in [5.41, 5.74) is 0.0275. The lowest BCUT2D eigenvalue weighted by Gasteiger charge is -2.56. The van der Waals surface area contributed by atoms with Crippen molar-refractivity contribution in [3.8, 4) is 0 Å². The van der Waals surface area contributed by atoms with Crippen LogP contribution in [0.1, 0.15) is 61.3 Å². The zero-order valence-corrected chi connectivity index (χ0v) is 27.6. The third kappa shape index (κ3) is 3.73. The minimum atomic E-state index is -2.12. The Hall–Kier alpha value is 0.114. The summed E-state index contributed by atoms with van der Waals surface area (Å²) in [5.74, 6) is 1.86. The zero-order chi connectivity index (χ0) is 26.9. The van der Waals surface area contributed by atoms with Crippen LogP contribution < -0.4 is 0 Å². The summed E-state index contributed by atoms with van der Waals surface area (Å²) >= 11 is 0. The van der Waals surface area contributed by atoms with Crippen molar-refractivity contribution in [2.24, 2.45) is 35.0 Å². The first-order valence-corrected chi connectivity index (χ1v) is 21.1. The Kier molecular flexibility index (Phi) is 6.21. The predicted octanol–water partition coefficient (Wildman–Crippen LogP) is 7.11. The van der Waals surface area contributed by atoms with E-state index in [-0.39, 0.29) is 55.2 Å². The van der Waals surface area contributed by atoms with Crippen LogP contribution in [0.25, 0.3) is 0 Å². The molecule has 10 atom stereocenters. The predicted molar refractivity (Wildman–Crippen MR) is 151 cm³/mol. The molecule has 1 saturated heterocycles. The van der Waals surface area contributed by atoms with Crippen molar-refractivity contribution < 1.29 is 22.7 Å². The lowest BCUT2D eigenvalue weighted by atomic mass is 9.62. The number of hydrogen-bond acceptors (Lipinski definition) is 5. The average Bonchev–Trinajstić information content (AvgIpc) is 3.04. The van der Waals surface area contributed by atoms with E-state index in [0.717, 1.165) is 12.0 Å². The standard InChI is InChI=1S/C28H49O5PSi2/c1-16-13-19-21(26(19,6)7)22-23(31-36(11,12)25(3,4)5)17(2)24-27(32-34-30-24)15-18(29)14-20(27)28(16,22)33-35(8,9)10/h14,16-17,19,21-24,34H,13,15H2,1-12H3/t16-,17+,19-,21?,22-,23-,24-,27+,28+/m1/s1. The highest BCUT2D eigenvalue weighted by atomic mass is 31.1. The highest BCUT2D eigenvalue weighted by Gasteiger charge is 2.78. The summed E-state index contributed by atoms with van der Waals surface area (Å²) in [6.45, 7) is 28.2. The van der Waals surface area contributed by atoms with E-state index in [9.17, 15) is 4.79 Å². The van der Waals surface area contributed by atoms with Gasteiger partial charge in [-0.25, -0.2) is 0 Å². The van der Waals surface area contributed by atoms with Crippen LogP contribution in [-0.2, 0) is 22.7 Å². The first-order valence-electron chi connectivity index (χ1n) is 14.0. The molecular formula is C28H49O5PSi2. The van der Waals surface area contributed by atoms with Crippen molar-refractivity contribution >= 4 is 31.5 Å². The molecule has 0 aromatic rings. The van der Waals surface area contributed by atoms with E-state index in [1.165, 1.54) is 0 Å². The normalized spacial score (nSPS) is 46.5. The molecule has 5 aliphatic rings. The SMILES string of the molecule is C[C@H]1[C@@H](O[Si](C)(C)C(C)(C)C)[C@H]2C3[C@@H](C[C@@H](C)[C@]2(O[Si](C)(C)C)C2=CC(=O)C[C@]24OPO[C@H]14)C3(C)C. The van der Waals surface area contributed by atoms with Crippen LogP contribution >= 0.6 is 9.03 Å². The van der Waals surface area contributed by atoms with Gasteiger partial charge in [0.1, 0.15) is 11.7 Å². The second kappa shape index (κ2) is 8.08. The molecule has 0 bridgehead atoms. The van der Waals surface area contributed by atoms with Crippen LogP contribution in [-0.4, -0.2) is 45.8 Å². The van der Waals surface area contributed by atoms with Crippen molar-refractivity contribution in [2.75, 3.05) is 0 Å². The van der Waals surface area contributed by atoms with Gasteiger partial charge in [0.05, 0.1) is 11.7 Å². The topological polar surface area (TPSA) is 54.0 Å². The van der Waals surface area contributed by atoms with Crippen molar-refractivity contribution in [3.05, 3.63) is 11.6 Å². The molecule has 204 valence electrons. The summed E-state index contributed by atoms with van der Waals surface area (Å²) in [4.78, 5) is 13.2. The first kappa shape index (κ1) is 27.7. The summed E-state index contributed by atoms with van der Waals surface area (Å²) in [6, 6.07) is 0. The monoisotopic (exact) mass is 552 g/mol. The maximum Gasteiger partial charge on any atom is 0.192 e. The van der Waals surface area contributed by atoms with Crippen molar-refractivity contribution in [2.45, 2.75) is 122 Å². The third-order valence-corrected chi connectivity index (χ3v) is 17.1. The quantitative estimate of drug-likeness (QED) is 0.275. The zero-order valence-electron chi connectivity index (χ0n) is 24.6. The van der Waals surface area contributed by atoms with Gasteiger partial charge >= 0.3 is 0 Å². The van der Waals surface area contributed by atoms with Crippen LogP contribution in [0.3, 0.4) is 0 Å². The lowest BCUT2D eigenvalue weighted by molar-refractivity contribution is -0.117. The Labute approximate surface area is 223 Å². The molecule has 3 saturated carbocycles. The molecular weight excluding hydrogens is 503 g/mol. The number of allylic oxidation sites excluding steroid dienone is 1. The Bertz CT molecular complexity index is 981. The summed E-state index contributed by atoms with van der Waals surface area (Å²) < 4.78 is 28.1. The Morgan fingerprint density at radius 1 is 1.08 bits per heavy atom. The molecule has 5 nitrogen and oxygen atoms in total. The van der Waals surface area contributed by atoms with Crippen molar-refractivity contribution in [1.29, 1.82) is 0 Å². The van der Waals surface area contributed by atoms with E-state index in [2.05, 4.69) is 81.2 Å². The summed E-state index contributed by atoms with van der Waals surface area (Å²) in [5, 5.41) is 0.0949. The fourth-order valence-corrected chi connectivity index (χ4v) is 12.1. The van der Waals surface area contributed by atoms with Gasteiger partial charge in [-0.1, -0.05) is 48.5 Å². The van der Waals surface area contributed by atoms with Crippen LogP contribution in [0, 0.1) is 35.0 Å². The maximum absolute atomic E-state index is 13.2. The summed E-state index contributed by atoms with van der Waals surface area (Å²) in [7, 11) is -4.23. The fraction of sp³-hybridized carbons (Fsp3) is 0.893. The van der Waals surface area contributed by atoms with Crippen molar-refractivity contribution in [3.63, 3.8) is 0 Å². The van der Waals surface area contributed by atoms with Crippen LogP contribution in [0.4, 0.5) is 0 Å². The number of hydrogen-bond donors (Lipinski definition) is 0. The first-order chi connectivity index (χ1) is 16.3. The van der Waals surface area contributed by atoms with E-state index >= 15 is 0 Å². The van der Waals surface area contributed by atoms with Gasteiger partial charge in [0, 0.05) is 18.3 Å². The average molecular weight is 553 g/mol. The molecule has 5 rings (SSSR count). The number of carbonyl (C=O) groups excluding carboxylic acids is 1. The number of rotatable bonds is 4. The molecule has 2 unspecified atom stereocenters. The molecule has 0 radical (unpaired) electrons. The molecule has 36 heavy (non-hydrogen) atoms. The molecule has 8 heteroatoms. The van der Waals surface area contributed by atoms with Crippen molar-refractivity contribution in [1.82, 2.24) is 0 Å². The fourth-order valence-electron chi connectivity index (χ4n) is 8.23. The molecule has 0 aromatic carbocycles. The largest absolute Gasteiger partial charge is 0.413 e. The molecule has 0 N–H and O–H groups in total. The van der Waals surface area contributed by atoms with E-state index in [1.54, 1.807) is 0 Å². The van der Waals surface area contributed by atoms with Crippen LogP contribution in [0.5, 0.6) is 0 Å². The van der Waals surface area contributed by atoms with E-state index in [4.69, 9.17) is 17.9 Å². The van der Waals surface area contributed by atoms with Gasteiger partial charge in [0.15, 0.2) is 31.5 Å². The molecule has 1 aliphatic heterocycles. The minimum Gasteiger partial charge on any atom is -0.413 e. The smallest absolute Gasteiger partial charge is 0.192 e. The Morgan fingerprint density at radius 3 is 2.31 bits per heavy atom. The van der Waals surface area contributed by atoms with Gasteiger partial charge < -0.3 is 17.9 Å². The van der Waals surface area contributed by atoms with Gasteiger partial charge in [-0.05, 0) is 79.0 Å². The van der Waals surface area contributed by atoms with Gasteiger partial charge in [-0.15, -0.1) is 0 Å². The highest BCUT2D eigenvalue weighted by molar-refractivity contribution is 7.26.